The van der Waals surface area contributed by atoms with Gasteiger partial charge in [0.2, 0.25) is 38.8 Å². The number of likely N-dealkylation sites (tertiary alicyclic amines) is 1. The zero-order valence-corrected chi connectivity index (χ0v) is 37.9. The van der Waals surface area contributed by atoms with Gasteiger partial charge in [-0.15, -0.1) is 17.0 Å². The number of alkyl halides is 1. The van der Waals surface area contributed by atoms with Crippen LogP contribution in [-0.4, -0.2) is 106 Å². The highest BCUT2D eigenvalue weighted by Gasteiger charge is 2.47. The number of hydrogen-bond donors (Lipinski definition) is 3. The van der Waals surface area contributed by atoms with E-state index in [9.17, 15) is 33.5 Å². The maximum atomic E-state index is 15.1. The summed E-state index contributed by atoms with van der Waals surface area (Å²) in [5.74, 6) is -5.27. The van der Waals surface area contributed by atoms with Crippen LogP contribution in [-0.2, 0) is 30.5 Å². The van der Waals surface area contributed by atoms with Crippen molar-refractivity contribution < 1.29 is 60.5 Å². The van der Waals surface area contributed by atoms with E-state index >= 15 is 4.39 Å². The molecule has 1 aliphatic rings. The lowest BCUT2D eigenvalue weighted by molar-refractivity contribution is -0.367. The quantitative estimate of drug-likeness (QED) is 0.0485. The van der Waals surface area contributed by atoms with Gasteiger partial charge in [0.15, 0.2) is 0 Å². The number of imide groups is 1. The van der Waals surface area contributed by atoms with E-state index in [1.165, 1.54) is 0 Å². The lowest BCUT2D eigenvalue weighted by Gasteiger charge is -2.41. The second-order valence-electron chi connectivity index (χ2n) is 16.3. The number of rotatable bonds is 21. The third kappa shape index (κ3) is 12.6. The average molecular weight is 949 g/mol. The number of nitrogens with zero attached hydrogens (tertiary/aromatic N) is 3. The predicted molar refractivity (Wildman–Crippen MR) is 219 cm³/mol. The monoisotopic (exact) mass is 948 g/mol. The van der Waals surface area contributed by atoms with Gasteiger partial charge in [-0.2, -0.15) is 4.43 Å². The SMILES string of the molecule is C[C](C)([Al][CH2]CC[I-])C1CC(=O)N(CC(=O)N[C@@H](CSCC(=O)N(CCCN)[C@@H](c2cc(-c3cc(F)ccc3F)cn2Cc2ccccc2)C(C)(C)C)C(=O)O)C1=O. The maximum absolute atomic E-state index is 15.1. The third-order valence-electron chi connectivity index (χ3n) is 10.3. The van der Waals surface area contributed by atoms with E-state index in [1.54, 1.807) is 17.2 Å². The van der Waals surface area contributed by atoms with Gasteiger partial charge in [-0.05, 0) is 48.2 Å². The van der Waals surface area contributed by atoms with Crippen LogP contribution in [0.4, 0.5) is 8.78 Å². The molecule has 1 saturated heterocycles. The Morgan fingerprint density at radius 2 is 1.78 bits per heavy atom. The van der Waals surface area contributed by atoms with Crippen LogP contribution in [0.2, 0.25) is 9.56 Å². The predicted octanol–water partition coefficient (Wildman–Crippen LogP) is 2.69. The first-order valence-corrected chi connectivity index (χ1v) is 23.5. The Morgan fingerprint density at radius 3 is 2.41 bits per heavy atom. The van der Waals surface area contributed by atoms with Crippen LogP contribution < -0.4 is 33.6 Å². The van der Waals surface area contributed by atoms with Crippen LogP contribution in [0.15, 0.2) is 60.8 Å². The van der Waals surface area contributed by atoms with Gasteiger partial charge in [0.1, 0.15) is 24.2 Å². The van der Waals surface area contributed by atoms with Crippen molar-refractivity contribution >= 4 is 56.6 Å². The number of thioether (sulfide) groups is 1. The molecule has 58 heavy (non-hydrogen) atoms. The van der Waals surface area contributed by atoms with E-state index in [0.717, 1.165) is 56.6 Å². The molecule has 3 atom stereocenters. The summed E-state index contributed by atoms with van der Waals surface area (Å²) in [5.41, 5.74) is 7.55. The van der Waals surface area contributed by atoms with E-state index < -0.39 is 65.3 Å². The Balaban J connectivity index is 1.52. The molecule has 16 heteroatoms. The van der Waals surface area contributed by atoms with Crippen molar-refractivity contribution in [2.24, 2.45) is 17.1 Å². The van der Waals surface area contributed by atoms with Gasteiger partial charge in [0.05, 0.1) is 11.8 Å². The molecule has 1 fully saturated rings. The molecule has 2 radical (unpaired) electrons. The summed E-state index contributed by atoms with van der Waals surface area (Å²) >= 11 is 3.25. The largest absolute Gasteiger partial charge is 0.797 e. The van der Waals surface area contributed by atoms with Crippen LogP contribution in [0, 0.1) is 23.0 Å². The number of halogens is 3. The fourth-order valence-electron chi connectivity index (χ4n) is 7.30. The van der Waals surface area contributed by atoms with Gasteiger partial charge >= 0.3 is 5.97 Å². The minimum absolute atomic E-state index is 0.0207. The fraction of sp³-hybridized carbons (Fsp3) is 0.500. The summed E-state index contributed by atoms with van der Waals surface area (Å²) in [7, 11) is 0. The zero-order valence-electron chi connectivity index (χ0n) is 33.8. The van der Waals surface area contributed by atoms with Gasteiger partial charge in [-0.25, -0.2) is 13.6 Å². The minimum atomic E-state index is -1.40. The van der Waals surface area contributed by atoms with E-state index in [0.29, 0.717) is 30.8 Å². The first-order valence-electron chi connectivity index (χ1n) is 19.4. The van der Waals surface area contributed by atoms with Crippen molar-refractivity contribution in [1.82, 2.24) is 19.7 Å². The summed E-state index contributed by atoms with van der Waals surface area (Å²) in [6.45, 7) is 10.3. The molecule has 4 N–H and O–H groups in total. The zero-order chi connectivity index (χ0) is 42.8. The topological polar surface area (TPSA) is 155 Å². The highest BCUT2D eigenvalue weighted by atomic mass is 127. The summed E-state index contributed by atoms with van der Waals surface area (Å²) in [4.78, 5) is 68.5. The second-order valence-corrected chi connectivity index (χ2v) is 20.9. The van der Waals surface area contributed by atoms with Gasteiger partial charge in [-0.3, -0.25) is 24.1 Å². The first-order chi connectivity index (χ1) is 27.4. The molecule has 11 nitrogen and oxygen atoms in total. The standard InChI is InChI=1S/C39H48F2N5O6S.C3H6I.Al/c1-24(2)28-18-34(48)46(37(28)50)21-33(47)43-31(38(51)52)22-53-23-35(49)45(15-9-14-42)36(39(3,4)5)32-16-26(29-17-27(40)12-13-30(29)41)20-44(32)19-25-10-7-6-8-11-25;1-2-3-4;/h6-8,10-13,16-17,20,28,31,36H,9,14-15,18-19,21-23,42H2,1-5H3,(H,43,47)(H,51,52);1-3H2;/q;-1;/t28?,31-,36-;;/m0../s1. The Hall–Kier alpha value is -3.30. The lowest BCUT2D eigenvalue weighted by atomic mass is 9.83. The Morgan fingerprint density at radius 1 is 1.07 bits per heavy atom. The van der Waals surface area contributed by atoms with Crippen LogP contribution in [0.25, 0.3) is 11.1 Å². The van der Waals surface area contributed by atoms with E-state index in [4.69, 9.17) is 5.73 Å². The van der Waals surface area contributed by atoms with Crippen LogP contribution in [0.5, 0.6) is 0 Å². The number of benzene rings is 2. The van der Waals surface area contributed by atoms with Crippen molar-refractivity contribution in [2.45, 2.75) is 82.1 Å². The number of carboxylic acid groups (broad SMARTS) is 1. The number of aromatic nitrogens is 1. The van der Waals surface area contributed by atoms with Gasteiger partial charge in [-0.1, -0.05) is 75.6 Å². The van der Waals surface area contributed by atoms with Crippen LogP contribution >= 0.6 is 11.8 Å². The number of amides is 4. The number of carbonyl (C=O) groups is 5. The van der Waals surface area contributed by atoms with Crippen molar-refractivity contribution in [2.75, 3.05) is 35.6 Å². The maximum Gasteiger partial charge on any atom is 0.327 e. The highest BCUT2D eigenvalue weighted by molar-refractivity contribution is 8.00. The van der Waals surface area contributed by atoms with Gasteiger partial charge in [0, 0.05) is 54.2 Å². The number of aliphatic carboxylic acids is 1. The van der Waals surface area contributed by atoms with Crippen LogP contribution in [0.3, 0.4) is 0 Å². The molecule has 4 rings (SSSR count). The van der Waals surface area contributed by atoms with Crippen molar-refractivity contribution in [1.29, 1.82) is 0 Å². The first kappa shape index (κ1) is 47.4. The number of carbonyl (C=O) groups excluding carboxylic acids is 4. The lowest BCUT2D eigenvalue weighted by Crippen LogP contribution is -3.35. The number of nitrogens with two attached hydrogens (primary N) is 1. The average Bonchev–Trinajstić information content (AvgIpc) is 3.69. The molecule has 2 aromatic carbocycles. The summed E-state index contributed by atoms with van der Waals surface area (Å²) in [6.07, 6.45) is 3.28. The summed E-state index contributed by atoms with van der Waals surface area (Å²) < 4.78 is 32.1. The molecule has 0 aliphatic carbocycles. The normalized spacial score (nSPS) is 15.7. The molecular formula is C42H54AlF2IN5O6S-. The molecule has 1 aromatic heterocycles. The third-order valence-corrected chi connectivity index (χ3v) is 14.2. The fourth-order valence-corrected chi connectivity index (χ4v) is 11.2. The van der Waals surface area contributed by atoms with Gasteiger partial charge in [0.25, 0.3) is 0 Å². The van der Waals surface area contributed by atoms with E-state index in [1.807, 2.05) is 69.5 Å². The second kappa shape index (κ2) is 21.3. The molecule has 3 aromatic rings. The smallest absolute Gasteiger partial charge is 0.327 e. The molecule has 314 valence electrons. The summed E-state index contributed by atoms with van der Waals surface area (Å²) in [6, 6.07) is 12.7. The molecule has 0 spiro atoms. The van der Waals surface area contributed by atoms with E-state index in [2.05, 4.69) is 27.9 Å². The Labute approximate surface area is 364 Å². The molecule has 4 amide bonds. The molecule has 0 saturated carbocycles. The van der Waals surface area contributed by atoms with Crippen molar-refractivity contribution in [3.05, 3.63) is 83.7 Å². The van der Waals surface area contributed by atoms with E-state index in [-0.39, 0.29) is 55.4 Å². The molecule has 1 aliphatic heterocycles. The number of hydrogen-bond acceptors (Lipinski definition) is 7. The molecule has 1 unspecified atom stereocenters. The number of carboxylic acids is 1. The Bertz CT molecular complexity index is 1930. The Kier molecular flexibility index (Phi) is 17.4. The summed E-state index contributed by atoms with van der Waals surface area (Å²) in [5, 5.41) is 13.5. The van der Waals surface area contributed by atoms with Crippen molar-refractivity contribution in [3.8, 4) is 11.1 Å². The van der Waals surface area contributed by atoms with Crippen molar-refractivity contribution in [3.63, 3.8) is 0 Å². The molecule has 0 bridgehead atoms. The van der Waals surface area contributed by atoms with Gasteiger partial charge < -0.3 is 48.2 Å². The molecular weight excluding hydrogens is 894 g/mol. The minimum Gasteiger partial charge on any atom is -0.797 e. The van der Waals surface area contributed by atoms with Crippen LogP contribution in [0.1, 0.15) is 71.2 Å². The molecule has 2 heterocycles. The number of nitrogens with one attached hydrogen (secondary N) is 1. The highest BCUT2D eigenvalue weighted by Crippen LogP contribution is 2.43.